The SMILES string of the molecule is CC(C)(C)c1nnc(-c2ccn3c(I)cnc3c2)o1. The first kappa shape index (κ1) is 12.6. The molecule has 0 fully saturated rings. The first-order valence-electron chi connectivity index (χ1n) is 5.92. The second-order valence-corrected chi connectivity index (χ2v) is 6.49. The third kappa shape index (κ3) is 2.24. The smallest absolute Gasteiger partial charge is 0.247 e. The maximum atomic E-state index is 5.73. The van der Waals surface area contributed by atoms with Crippen molar-refractivity contribution in [3.05, 3.63) is 34.1 Å². The summed E-state index contributed by atoms with van der Waals surface area (Å²) in [5, 5.41) is 8.21. The van der Waals surface area contributed by atoms with Crippen molar-refractivity contribution in [1.82, 2.24) is 19.6 Å². The second kappa shape index (κ2) is 4.29. The molecule has 0 aliphatic rings. The molecular formula is C13H13IN4O. The summed E-state index contributed by atoms with van der Waals surface area (Å²) in [5.74, 6) is 1.17. The number of rotatable bonds is 1. The molecule has 19 heavy (non-hydrogen) atoms. The van der Waals surface area contributed by atoms with Crippen LogP contribution < -0.4 is 0 Å². The van der Waals surface area contributed by atoms with Crippen LogP contribution in [0.15, 0.2) is 28.9 Å². The van der Waals surface area contributed by atoms with E-state index in [0.29, 0.717) is 11.8 Å². The summed E-state index contributed by atoms with van der Waals surface area (Å²) in [7, 11) is 0. The average Bonchev–Trinajstić information content (AvgIpc) is 2.95. The van der Waals surface area contributed by atoms with E-state index < -0.39 is 0 Å². The van der Waals surface area contributed by atoms with Crippen LogP contribution in [0.3, 0.4) is 0 Å². The van der Waals surface area contributed by atoms with Gasteiger partial charge >= 0.3 is 0 Å². The van der Waals surface area contributed by atoms with E-state index in [1.54, 1.807) is 0 Å². The molecule has 3 aromatic rings. The Balaban J connectivity index is 2.06. The third-order valence-electron chi connectivity index (χ3n) is 2.78. The van der Waals surface area contributed by atoms with Crippen LogP contribution in [-0.2, 0) is 5.41 Å². The normalized spacial score (nSPS) is 12.2. The lowest BCUT2D eigenvalue weighted by molar-refractivity contribution is 0.399. The molecule has 0 unspecified atom stereocenters. The number of halogens is 1. The maximum Gasteiger partial charge on any atom is 0.247 e. The molecule has 0 aliphatic heterocycles. The first-order chi connectivity index (χ1) is 8.95. The summed E-state index contributed by atoms with van der Waals surface area (Å²) in [6.45, 7) is 6.14. The van der Waals surface area contributed by atoms with E-state index in [1.165, 1.54) is 0 Å². The van der Waals surface area contributed by atoms with Crippen LogP contribution >= 0.6 is 22.6 Å². The van der Waals surface area contributed by atoms with Crippen molar-refractivity contribution in [3.8, 4) is 11.5 Å². The summed E-state index contributed by atoms with van der Waals surface area (Å²) in [5.41, 5.74) is 1.62. The first-order valence-corrected chi connectivity index (χ1v) is 7.00. The van der Waals surface area contributed by atoms with Gasteiger partial charge in [0, 0.05) is 17.2 Å². The van der Waals surface area contributed by atoms with Crippen molar-refractivity contribution >= 4 is 28.2 Å². The summed E-state index contributed by atoms with van der Waals surface area (Å²) in [6, 6.07) is 3.90. The van der Waals surface area contributed by atoms with Gasteiger partial charge in [-0.15, -0.1) is 10.2 Å². The minimum absolute atomic E-state index is 0.141. The molecule has 0 aromatic carbocycles. The van der Waals surface area contributed by atoms with E-state index in [-0.39, 0.29) is 5.41 Å². The van der Waals surface area contributed by atoms with Gasteiger partial charge in [0.1, 0.15) is 9.35 Å². The van der Waals surface area contributed by atoms with Crippen LogP contribution in [0.5, 0.6) is 0 Å². The lowest BCUT2D eigenvalue weighted by Crippen LogP contribution is -2.11. The monoisotopic (exact) mass is 368 g/mol. The Morgan fingerprint density at radius 1 is 1.26 bits per heavy atom. The van der Waals surface area contributed by atoms with Crippen molar-refractivity contribution in [2.45, 2.75) is 26.2 Å². The summed E-state index contributed by atoms with van der Waals surface area (Å²) in [6.07, 6.45) is 3.79. The lowest BCUT2D eigenvalue weighted by atomic mass is 9.97. The van der Waals surface area contributed by atoms with Crippen LogP contribution in [0.4, 0.5) is 0 Å². The van der Waals surface area contributed by atoms with E-state index >= 15 is 0 Å². The molecule has 3 heterocycles. The number of hydrogen-bond acceptors (Lipinski definition) is 4. The molecule has 3 rings (SSSR count). The Labute approximate surface area is 124 Å². The quantitative estimate of drug-likeness (QED) is 0.619. The van der Waals surface area contributed by atoms with Gasteiger partial charge in [-0.2, -0.15) is 0 Å². The molecule has 0 amide bonds. The number of hydrogen-bond donors (Lipinski definition) is 0. The predicted octanol–water partition coefficient (Wildman–Crippen LogP) is 3.29. The lowest BCUT2D eigenvalue weighted by Gasteiger charge is -2.10. The molecule has 6 heteroatoms. The Morgan fingerprint density at radius 2 is 2.05 bits per heavy atom. The topological polar surface area (TPSA) is 56.2 Å². The Bertz CT molecular complexity index is 739. The van der Waals surface area contributed by atoms with Crippen molar-refractivity contribution in [2.24, 2.45) is 0 Å². The zero-order valence-electron chi connectivity index (χ0n) is 10.9. The van der Waals surface area contributed by atoms with Crippen molar-refractivity contribution in [1.29, 1.82) is 0 Å². The number of nitrogens with zero attached hydrogens (tertiary/aromatic N) is 4. The van der Waals surface area contributed by atoms with Gasteiger partial charge in [0.2, 0.25) is 11.8 Å². The van der Waals surface area contributed by atoms with Gasteiger partial charge in [-0.1, -0.05) is 20.8 Å². The van der Waals surface area contributed by atoms with E-state index in [2.05, 4.69) is 37.8 Å². The Morgan fingerprint density at radius 3 is 2.74 bits per heavy atom. The molecule has 0 aliphatic carbocycles. The summed E-state index contributed by atoms with van der Waals surface area (Å²) >= 11 is 2.24. The minimum Gasteiger partial charge on any atom is -0.420 e. The van der Waals surface area contributed by atoms with Gasteiger partial charge < -0.3 is 4.42 Å². The molecule has 0 saturated heterocycles. The summed E-state index contributed by atoms with van der Waals surface area (Å²) in [4.78, 5) is 4.33. The van der Waals surface area contributed by atoms with Gasteiger partial charge in [-0.05, 0) is 34.7 Å². The number of aromatic nitrogens is 4. The molecule has 0 N–H and O–H groups in total. The van der Waals surface area contributed by atoms with Gasteiger partial charge in [0.25, 0.3) is 0 Å². The van der Waals surface area contributed by atoms with Gasteiger partial charge in [-0.3, -0.25) is 4.40 Å². The van der Waals surface area contributed by atoms with Crippen molar-refractivity contribution in [3.63, 3.8) is 0 Å². The fraction of sp³-hybridized carbons (Fsp3) is 0.308. The van der Waals surface area contributed by atoms with Crippen molar-refractivity contribution < 1.29 is 4.42 Å². The fourth-order valence-corrected chi connectivity index (χ4v) is 2.27. The molecule has 0 saturated carbocycles. The highest BCUT2D eigenvalue weighted by Crippen LogP contribution is 2.26. The average molecular weight is 368 g/mol. The molecule has 0 bridgehead atoms. The van der Waals surface area contributed by atoms with Gasteiger partial charge in [0.05, 0.1) is 6.20 Å². The standard InChI is InChI=1S/C13H13IN4O/c1-13(2,3)12-17-16-11(19-12)8-4-5-18-9(14)7-15-10(18)6-8/h4-7H,1-3H3. The van der Waals surface area contributed by atoms with E-state index in [9.17, 15) is 0 Å². The molecule has 98 valence electrons. The van der Waals surface area contributed by atoms with Crippen LogP contribution in [0.1, 0.15) is 26.7 Å². The highest BCUT2D eigenvalue weighted by atomic mass is 127. The largest absolute Gasteiger partial charge is 0.420 e. The fourth-order valence-electron chi connectivity index (χ4n) is 1.73. The minimum atomic E-state index is -0.141. The predicted molar refractivity (Wildman–Crippen MR) is 79.9 cm³/mol. The maximum absolute atomic E-state index is 5.73. The molecule has 0 spiro atoms. The molecular weight excluding hydrogens is 355 g/mol. The van der Waals surface area contributed by atoms with Crippen LogP contribution in [-0.4, -0.2) is 19.6 Å². The molecule has 0 atom stereocenters. The van der Waals surface area contributed by atoms with Crippen LogP contribution in [0.2, 0.25) is 0 Å². The molecule has 5 nitrogen and oxygen atoms in total. The van der Waals surface area contributed by atoms with Crippen LogP contribution in [0, 0.1) is 3.70 Å². The second-order valence-electron chi connectivity index (χ2n) is 5.39. The van der Waals surface area contributed by atoms with E-state index in [4.69, 9.17) is 4.42 Å². The van der Waals surface area contributed by atoms with E-state index in [1.807, 2.05) is 49.7 Å². The zero-order valence-corrected chi connectivity index (χ0v) is 13.0. The number of imidazole rings is 1. The molecule has 0 radical (unpaired) electrons. The van der Waals surface area contributed by atoms with Crippen LogP contribution in [0.25, 0.3) is 17.1 Å². The van der Waals surface area contributed by atoms with E-state index in [0.717, 1.165) is 14.9 Å². The Kier molecular flexibility index (Phi) is 2.84. The molecule has 3 aromatic heterocycles. The third-order valence-corrected chi connectivity index (χ3v) is 3.58. The van der Waals surface area contributed by atoms with Crippen molar-refractivity contribution in [2.75, 3.05) is 0 Å². The number of pyridine rings is 1. The Hall–Kier alpha value is -1.44. The van der Waals surface area contributed by atoms with Gasteiger partial charge in [0.15, 0.2) is 0 Å². The highest BCUT2D eigenvalue weighted by molar-refractivity contribution is 14.1. The zero-order chi connectivity index (χ0) is 13.6. The summed E-state index contributed by atoms with van der Waals surface area (Å²) < 4.78 is 8.80. The highest BCUT2D eigenvalue weighted by Gasteiger charge is 2.22. The number of fused-ring (bicyclic) bond motifs is 1. The van der Waals surface area contributed by atoms with Gasteiger partial charge in [-0.25, -0.2) is 4.98 Å².